The van der Waals surface area contributed by atoms with Crippen molar-refractivity contribution in [3.8, 4) is 0 Å². The summed E-state index contributed by atoms with van der Waals surface area (Å²) in [5.41, 5.74) is 1.05. The number of likely N-dealkylation sites (tertiary alicyclic amines) is 1. The average Bonchev–Trinajstić information content (AvgIpc) is 2.83. The molecule has 2 heterocycles. The number of carbonyl (C=O) groups excluding carboxylic acids is 1. The number of carbonyl (C=O) groups is 1. The first-order valence-electron chi connectivity index (χ1n) is 9.06. The molecule has 0 radical (unpaired) electrons. The molecule has 2 aliphatic heterocycles. The summed E-state index contributed by atoms with van der Waals surface area (Å²) >= 11 is 7.95. The zero-order chi connectivity index (χ0) is 16.8. The molecule has 0 aliphatic carbocycles. The first-order chi connectivity index (χ1) is 11.7. The number of thioether (sulfide) groups is 1. The second-order valence-corrected chi connectivity index (χ2v) is 8.42. The summed E-state index contributed by atoms with van der Waals surface area (Å²) in [6.45, 7) is 4.33. The molecule has 3 nitrogen and oxygen atoms in total. The van der Waals surface area contributed by atoms with E-state index in [0.29, 0.717) is 12.5 Å². The highest BCUT2D eigenvalue weighted by atomic mass is 35.5. The topological polar surface area (TPSA) is 23.6 Å². The molecule has 0 N–H and O–H groups in total. The van der Waals surface area contributed by atoms with Gasteiger partial charge < -0.3 is 9.80 Å². The van der Waals surface area contributed by atoms with E-state index in [-0.39, 0.29) is 5.91 Å². The molecule has 132 valence electrons. The molecule has 1 unspecified atom stereocenters. The van der Waals surface area contributed by atoms with Crippen LogP contribution in [0.1, 0.15) is 31.2 Å². The van der Waals surface area contributed by atoms with Gasteiger partial charge in [0.25, 0.3) is 0 Å². The summed E-state index contributed by atoms with van der Waals surface area (Å²) in [6.07, 6.45) is 5.55. The van der Waals surface area contributed by atoms with Crippen molar-refractivity contribution in [1.29, 1.82) is 0 Å². The van der Waals surface area contributed by atoms with Gasteiger partial charge in [0, 0.05) is 23.9 Å². The number of rotatable bonds is 4. The van der Waals surface area contributed by atoms with Crippen LogP contribution in [0.25, 0.3) is 0 Å². The monoisotopic (exact) mass is 366 g/mol. The van der Waals surface area contributed by atoms with E-state index in [0.717, 1.165) is 35.8 Å². The molecule has 0 bridgehead atoms. The third-order valence-electron chi connectivity index (χ3n) is 4.95. The standard InChI is InChI=1S/C19H27ClN2OS/c20-17-7-5-16(6-8-17)13-19(23)22-11-4-12-24-15-18(22)14-21-9-2-1-3-10-21/h5-8,18H,1-4,9-15H2. The lowest BCUT2D eigenvalue weighted by Crippen LogP contribution is -2.49. The van der Waals surface area contributed by atoms with Crippen molar-refractivity contribution in [2.45, 2.75) is 38.1 Å². The normalized spacial score (nSPS) is 23.0. The van der Waals surface area contributed by atoms with E-state index in [1.807, 2.05) is 36.0 Å². The Bertz CT molecular complexity index is 531. The minimum Gasteiger partial charge on any atom is -0.337 e. The smallest absolute Gasteiger partial charge is 0.227 e. The van der Waals surface area contributed by atoms with Crippen LogP contribution in [-0.4, -0.2) is 59.4 Å². The Morgan fingerprint density at radius 1 is 1.08 bits per heavy atom. The van der Waals surface area contributed by atoms with Crippen LogP contribution in [0.5, 0.6) is 0 Å². The van der Waals surface area contributed by atoms with Crippen LogP contribution in [0.15, 0.2) is 24.3 Å². The van der Waals surface area contributed by atoms with Crippen molar-refractivity contribution in [2.75, 3.05) is 37.7 Å². The third-order valence-corrected chi connectivity index (χ3v) is 6.40. The maximum absolute atomic E-state index is 12.9. The Morgan fingerprint density at radius 3 is 2.58 bits per heavy atom. The third kappa shape index (κ3) is 5.14. The predicted octanol–water partition coefficient (Wildman–Crippen LogP) is 3.70. The molecule has 2 aliphatic rings. The molecule has 0 saturated carbocycles. The van der Waals surface area contributed by atoms with Gasteiger partial charge in [0.2, 0.25) is 5.91 Å². The van der Waals surface area contributed by atoms with Gasteiger partial charge in [-0.1, -0.05) is 30.2 Å². The lowest BCUT2D eigenvalue weighted by molar-refractivity contribution is -0.132. The lowest BCUT2D eigenvalue weighted by Gasteiger charge is -2.36. The Kier molecular flexibility index (Phi) is 6.87. The molecule has 2 saturated heterocycles. The van der Waals surface area contributed by atoms with E-state index in [4.69, 9.17) is 11.6 Å². The molecule has 2 fully saturated rings. The van der Waals surface area contributed by atoms with Gasteiger partial charge in [0.05, 0.1) is 12.5 Å². The van der Waals surface area contributed by atoms with E-state index in [1.165, 1.54) is 38.1 Å². The SMILES string of the molecule is O=C(Cc1ccc(Cl)cc1)N1CCCSCC1CN1CCCCC1. The van der Waals surface area contributed by atoms with Gasteiger partial charge in [-0.3, -0.25) is 4.79 Å². The number of piperidine rings is 1. The van der Waals surface area contributed by atoms with Gasteiger partial charge in [-0.15, -0.1) is 0 Å². The summed E-state index contributed by atoms with van der Waals surface area (Å²) in [7, 11) is 0. The number of halogens is 1. The average molecular weight is 367 g/mol. The van der Waals surface area contributed by atoms with Crippen molar-refractivity contribution in [2.24, 2.45) is 0 Å². The Labute approximate surface area is 154 Å². The Hall–Kier alpha value is -0.710. The van der Waals surface area contributed by atoms with Gasteiger partial charge in [0.15, 0.2) is 0 Å². The predicted molar refractivity (Wildman–Crippen MR) is 103 cm³/mol. The van der Waals surface area contributed by atoms with Gasteiger partial charge in [-0.2, -0.15) is 11.8 Å². The molecule has 5 heteroatoms. The molecular formula is C19H27ClN2OS. The maximum Gasteiger partial charge on any atom is 0.227 e. The number of benzene rings is 1. The second kappa shape index (κ2) is 9.12. The highest BCUT2D eigenvalue weighted by Gasteiger charge is 2.27. The second-order valence-electron chi connectivity index (χ2n) is 6.83. The number of amides is 1. The lowest BCUT2D eigenvalue weighted by atomic mass is 10.1. The first kappa shape index (κ1) is 18.1. The van der Waals surface area contributed by atoms with Gasteiger partial charge in [0.1, 0.15) is 0 Å². The van der Waals surface area contributed by atoms with Crippen molar-refractivity contribution < 1.29 is 4.79 Å². The van der Waals surface area contributed by atoms with Crippen molar-refractivity contribution in [3.63, 3.8) is 0 Å². The number of hydrogen-bond acceptors (Lipinski definition) is 3. The highest BCUT2D eigenvalue weighted by molar-refractivity contribution is 7.99. The number of nitrogens with zero attached hydrogens (tertiary/aromatic N) is 2. The van der Waals surface area contributed by atoms with Gasteiger partial charge in [-0.05, 0) is 55.8 Å². The molecule has 0 spiro atoms. The molecule has 1 atom stereocenters. The van der Waals surface area contributed by atoms with E-state index >= 15 is 0 Å². The molecule has 1 aromatic carbocycles. The number of hydrogen-bond donors (Lipinski definition) is 0. The van der Waals surface area contributed by atoms with Crippen LogP contribution in [0, 0.1) is 0 Å². The highest BCUT2D eigenvalue weighted by Crippen LogP contribution is 2.20. The summed E-state index contributed by atoms with van der Waals surface area (Å²) < 4.78 is 0. The quantitative estimate of drug-likeness (QED) is 0.811. The first-order valence-corrected chi connectivity index (χ1v) is 10.6. The fourth-order valence-electron chi connectivity index (χ4n) is 3.63. The maximum atomic E-state index is 12.9. The van der Waals surface area contributed by atoms with E-state index < -0.39 is 0 Å². The molecule has 24 heavy (non-hydrogen) atoms. The largest absolute Gasteiger partial charge is 0.337 e. The summed E-state index contributed by atoms with van der Waals surface area (Å²) in [6, 6.07) is 8.02. The van der Waals surface area contributed by atoms with Crippen LogP contribution < -0.4 is 0 Å². The fraction of sp³-hybridized carbons (Fsp3) is 0.632. The van der Waals surface area contributed by atoms with Gasteiger partial charge >= 0.3 is 0 Å². The Balaban J connectivity index is 1.64. The van der Waals surface area contributed by atoms with E-state index in [1.54, 1.807) is 0 Å². The zero-order valence-corrected chi connectivity index (χ0v) is 15.8. The van der Waals surface area contributed by atoms with Gasteiger partial charge in [-0.25, -0.2) is 0 Å². The minimum absolute atomic E-state index is 0.266. The van der Waals surface area contributed by atoms with Crippen molar-refractivity contribution >= 4 is 29.3 Å². The van der Waals surface area contributed by atoms with Crippen molar-refractivity contribution in [3.05, 3.63) is 34.9 Å². The minimum atomic E-state index is 0.266. The summed E-state index contributed by atoms with van der Waals surface area (Å²) in [5, 5.41) is 0.723. The van der Waals surface area contributed by atoms with E-state index in [9.17, 15) is 4.79 Å². The summed E-state index contributed by atoms with van der Waals surface area (Å²) in [4.78, 5) is 17.6. The zero-order valence-electron chi connectivity index (χ0n) is 14.3. The van der Waals surface area contributed by atoms with Crippen LogP contribution >= 0.6 is 23.4 Å². The van der Waals surface area contributed by atoms with Crippen LogP contribution in [0.2, 0.25) is 5.02 Å². The molecule has 0 aromatic heterocycles. The summed E-state index contributed by atoms with van der Waals surface area (Å²) in [5.74, 6) is 2.51. The van der Waals surface area contributed by atoms with Crippen molar-refractivity contribution in [1.82, 2.24) is 9.80 Å². The van der Waals surface area contributed by atoms with Crippen LogP contribution in [0.3, 0.4) is 0 Å². The van der Waals surface area contributed by atoms with Crippen LogP contribution in [-0.2, 0) is 11.2 Å². The molecule has 3 rings (SSSR count). The molecular weight excluding hydrogens is 340 g/mol. The van der Waals surface area contributed by atoms with Crippen LogP contribution in [0.4, 0.5) is 0 Å². The van der Waals surface area contributed by atoms with E-state index in [2.05, 4.69) is 9.80 Å². The molecule has 1 aromatic rings. The molecule has 1 amide bonds. The Morgan fingerprint density at radius 2 is 1.83 bits per heavy atom. The fourth-order valence-corrected chi connectivity index (χ4v) is 4.81.